The van der Waals surface area contributed by atoms with Crippen LogP contribution in [0.3, 0.4) is 0 Å². The van der Waals surface area contributed by atoms with Crippen molar-refractivity contribution < 1.29 is 4.74 Å². The molecule has 1 aromatic rings. The maximum Gasteiger partial charge on any atom is 0.123 e. The van der Waals surface area contributed by atoms with E-state index in [9.17, 15) is 0 Å². The van der Waals surface area contributed by atoms with Gasteiger partial charge in [-0.15, -0.1) is 0 Å². The van der Waals surface area contributed by atoms with E-state index in [1.54, 1.807) is 0 Å². The van der Waals surface area contributed by atoms with Crippen molar-refractivity contribution in [3.05, 3.63) is 29.8 Å². The number of fused-ring (bicyclic) bond motifs is 2. The van der Waals surface area contributed by atoms with Gasteiger partial charge in [0.1, 0.15) is 11.9 Å². The molecule has 1 aliphatic carbocycles. The summed E-state index contributed by atoms with van der Waals surface area (Å²) >= 11 is 0. The van der Waals surface area contributed by atoms with Crippen molar-refractivity contribution >= 4 is 0 Å². The van der Waals surface area contributed by atoms with Crippen LogP contribution in [-0.4, -0.2) is 6.10 Å². The molecule has 0 amide bonds. The average Bonchev–Trinajstić information content (AvgIpc) is 2.30. The molecule has 3 unspecified atom stereocenters. The van der Waals surface area contributed by atoms with Crippen LogP contribution in [0.25, 0.3) is 0 Å². The predicted octanol–water partition coefficient (Wildman–Crippen LogP) is 3.74. The zero-order valence-electron chi connectivity index (χ0n) is 9.28. The van der Waals surface area contributed by atoms with Crippen LogP contribution in [0.4, 0.5) is 0 Å². The van der Waals surface area contributed by atoms with Gasteiger partial charge in [0.25, 0.3) is 0 Å². The van der Waals surface area contributed by atoms with E-state index in [0.717, 1.165) is 11.7 Å². The molecule has 0 saturated heterocycles. The second-order valence-electron chi connectivity index (χ2n) is 4.93. The number of rotatable bonds is 0. The maximum atomic E-state index is 6.11. The van der Waals surface area contributed by atoms with E-state index in [2.05, 4.69) is 31.2 Å². The van der Waals surface area contributed by atoms with Crippen LogP contribution in [0.15, 0.2) is 24.3 Å². The Morgan fingerprint density at radius 3 is 2.87 bits per heavy atom. The first-order chi connectivity index (χ1) is 7.36. The van der Waals surface area contributed by atoms with E-state index >= 15 is 0 Å². The first kappa shape index (κ1) is 9.26. The van der Waals surface area contributed by atoms with Gasteiger partial charge in [0.15, 0.2) is 0 Å². The average molecular weight is 202 g/mol. The Morgan fingerprint density at radius 1 is 1.13 bits per heavy atom. The molecule has 1 aliphatic heterocycles. The lowest BCUT2D eigenvalue weighted by atomic mass is 9.74. The minimum atomic E-state index is 0.489. The van der Waals surface area contributed by atoms with Crippen LogP contribution in [0, 0.1) is 5.92 Å². The van der Waals surface area contributed by atoms with Gasteiger partial charge >= 0.3 is 0 Å². The molecular weight excluding hydrogens is 184 g/mol. The van der Waals surface area contributed by atoms with Gasteiger partial charge in [0.05, 0.1) is 0 Å². The van der Waals surface area contributed by atoms with Crippen molar-refractivity contribution in [3.63, 3.8) is 0 Å². The lowest BCUT2D eigenvalue weighted by Gasteiger charge is -2.41. The Morgan fingerprint density at radius 2 is 1.93 bits per heavy atom. The lowest BCUT2D eigenvalue weighted by Crippen LogP contribution is -2.37. The zero-order valence-corrected chi connectivity index (χ0v) is 9.28. The molecule has 0 N–H and O–H groups in total. The molecule has 15 heavy (non-hydrogen) atoms. The van der Waals surface area contributed by atoms with Crippen molar-refractivity contribution in [1.82, 2.24) is 0 Å². The molecule has 0 bridgehead atoms. The Labute approximate surface area is 91.5 Å². The van der Waals surface area contributed by atoms with Crippen LogP contribution >= 0.6 is 0 Å². The minimum absolute atomic E-state index is 0.489. The second kappa shape index (κ2) is 3.55. The monoisotopic (exact) mass is 202 g/mol. The Hall–Kier alpha value is -0.980. The molecular formula is C14H18O. The molecule has 3 atom stereocenters. The summed E-state index contributed by atoms with van der Waals surface area (Å²) in [6.45, 7) is 2.37. The molecule has 1 heteroatoms. The Bertz CT molecular complexity index is 358. The van der Waals surface area contributed by atoms with Crippen molar-refractivity contribution in [2.24, 2.45) is 5.92 Å². The van der Waals surface area contributed by atoms with Gasteiger partial charge in [0.2, 0.25) is 0 Å². The van der Waals surface area contributed by atoms with Crippen molar-refractivity contribution in [3.8, 4) is 5.75 Å². The molecule has 2 aliphatic rings. The molecule has 1 nitrogen and oxygen atoms in total. The largest absolute Gasteiger partial charge is 0.490 e. The number of hydrogen-bond acceptors (Lipinski definition) is 1. The SMILES string of the molecule is CC1c2ccccc2OC2CCCCC21. The van der Waals surface area contributed by atoms with Gasteiger partial charge in [-0.05, 0) is 36.8 Å². The van der Waals surface area contributed by atoms with E-state index < -0.39 is 0 Å². The topological polar surface area (TPSA) is 9.23 Å². The van der Waals surface area contributed by atoms with E-state index in [1.165, 1.54) is 31.2 Å². The van der Waals surface area contributed by atoms with Gasteiger partial charge < -0.3 is 4.74 Å². The summed E-state index contributed by atoms with van der Waals surface area (Å²) in [7, 11) is 0. The molecule has 1 fully saturated rings. The number of ether oxygens (including phenoxy) is 1. The summed E-state index contributed by atoms with van der Waals surface area (Å²) in [5.74, 6) is 2.57. The highest BCUT2D eigenvalue weighted by Crippen LogP contribution is 2.45. The van der Waals surface area contributed by atoms with Crippen molar-refractivity contribution in [2.75, 3.05) is 0 Å². The predicted molar refractivity (Wildman–Crippen MR) is 61.2 cm³/mol. The lowest BCUT2D eigenvalue weighted by molar-refractivity contribution is 0.0595. The fraction of sp³-hybridized carbons (Fsp3) is 0.571. The number of hydrogen-bond donors (Lipinski definition) is 0. The van der Waals surface area contributed by atoms with Gasteiger partial charge in [-0.1, -0.05) is 31.5 Å². The summed E-state index contributed by atoms with van der Waals surface area (Å²) in [5.41, 5.74) is 1.42. The quantitative estimate of drug-likeness (QED) is 0.622. The normalized spacial score (nSPS) is 33.8. The zero-order chi connectivity index (χ0) is 10.3. The van der Waals surface area contributed by atoms with Crippen LogP contribution in [-0.2, 0) is 0 Å². The molecule has 1 heterocycles. The summed E-state index contributed by atoms with van der Waals surface area (Å²) in [6, 6.07) is 8.55. The van der Waals surface area contributed by atoms with Crippen molar-refractivity contribution in [2.45, 2.75) is 44.6 Å². The molecule has 1 aromatic carbocycles. The smallest absolute Gasteiger partial charge is 0.123 e. The number of benzene rings is 1. The summed E-state index contributed by atoms with van der Waals surface area (Å²) in [4.78, 5) is 0. The highest BCUT2D eigenvalue weighted by Gasteiger charge is 2.36. The minimum Gasteiger partial charge on any atom is -0.490 e. The standard InChI is InChI=1S/C14H18O/c1-10-11-6-2-4-8-13(11)15-14-9-5-3-7-12(10)14/h2,4,6,8,10,12,14H,3,5,7,9H2,1H3. The summed E-state index contributed by atoms with van der Waals surface area (Å²) < 4.78 is 6.11. The highest BCUT2D eigenvalue weighted by atomic mass is 16.5. The van der Waals surface area contributed by atoms with Crippen molar-refractivity contribution in [1.29, 1.82) is 0 Å². The first-order valence-electron chi connectivity index (χ1n) is 6.12. The van der Waals surface area contributed by atoms with Gasteiger partial charge in [0, 0.05) is 5.92 Å². The first-order valence-corrected chi connectivity index (χ1v) is 6.12. The molecule has 0 aromatic heterocycles. The Balaban J connectivity index is 1.98. The van der Waals surface area contributed by atoms with Crippen LogP contribution < -0.4 is 4.74 Å². The van der Waals surface area contributed by atoms with E-state index in [-0.39, 0.29) is 0 Å². The summed E-state index contributed by atoms with van der Waals surface area (Å²) in [5, 5.41) is 0. The molecule has 3 rings (SSSR count). The van der Waals surface area contributed by atoms with E-state index in [0.29, 0.717) is 12.0 Å². The van der Waals surface area contributed by atoms with Crippen LogP contribution in [0.2, 0.25) is 0 Å². The van der Waals surface area contributed by atoms with Gasteiger partial charge in [-0.3, -0.25) is 0 Å². The number of para-hydroxylation sites is 1. The third-order valence-corrected chi connectivity index (χ3v) is 4.08. The third-order valence-electron chi connectivity index (χ3n) is 4.08. The maximum absolute atomic E-state index is 6.11. The summed E-state index contributed by atoms with van der Waals surface area (Å²) in [6.07, 6.45) is 5.82. The third kappa shape index (κ3) is 1.45. The molecule has 80 valence electrons. The second-order valence-corrected chi connectivity index (χ2v) is 4.93. The van der Waals surface area contributed by atoms with Gasteiger partial charge in [-0.25, -0.2) is 0 Å². The van der Waals surface area contributed by atoms with E-state index in [4.69, 9.17) is 4.74 Å². The fourth-order valence-corrected chi connectivity index (χ4v) is 3.20. The van der Waals surface area contributed by atoms with E-state index in [1.807, 2.05) is 0 Å². The van der Waals surface area contributed by atoms with Gasteiger partial charge in [-0.2, -0.15) is 0 Å². The molecule has 0 spiro atoms. The Kier molecular flexibility index (Phi) is 2.19. The fourth-order valence-electron chi connectivity index (χ4n) is 3.20. The highest BCUT2D eigenvalue weighted by molar-refractivity contribution is 5.38. The van der Waals surface area contributed by atoms with Crippen LogP contribution in [0.1, 0.15) is 44.1 Å². The molecule has 1 saturated carbocycles. The molecule has 0 radical (unpaired) electrons. The van der Waals surface area contributed by atoms with Crippen LogP contribution in [0.5, 0.6) is 5.75 Å².